The molecule has 0 aliphatic carbocycles. The third-order valence-electron chi connectivity index (χ3n) is 7.27. The van der Waals surface area contributed by atoms with Crippen LogP contribution in [0.4, 0.5) is 0 Å². The summed E-state index contributed by atoms with van der Waals surface area (Å²) in [6.45, 7) is 9.32. The summed E-state index contributed by atoms with van der Waals surface area (Å²) >= 11 is 0. The van der Waals surface area contributed by atoms with Gasteiger partial charge in [-0.2, -0.15) is 4.67 Å². The van der Waals surface area contributed by atoms with E-state index in [9.17, 15) is 0 Å². The molecule has 0 spiro atoms. The normalized spacial score (nSPS) is 18.3. The molecule has 1 aliphatic heterocycles. The summed E-state index contributed by atoms with van der Waals surface area (Å²) < 4.78 is 16.3. The molecule has 3 nitrogen and oxygen atoms in total. The monoisotopic (exact) mass is 455 g/mol. The SMILES string of the molecule is CC1(C)CCCC(C)(C)N1p1oc2ccc3ccccc3c2c2c(ccc3ccccc32)o1. The van der Waals surface area contributed by atoms with Crippen molar-refractivity contribution in [3.05, 3.63) is 72.8 Å². The average Bonchev–Trinajstić information content (AvgIpc) is 2.94. The topological polar surface area (TPSA) is 29.5 Å². The van der Waals surface area contributed by atoms with Crippen LogP contribution in [-0.4, -0.2) is 11.1 Å². The van der Waals surface area contributed by atoms with Crippen molar-refractivity contribution in [2.75, 3.05) is 4.67 Å². The van der Waals surface area contributed by atoms with Crippen LogP contribution in [0.15, 0.2) is 81.2 Å². The summed E-state index contributed by atoms with van der Waals surface area (Å²) in [7, 11) is -1.34. The van der Waals surface area contributed by atoms with Crippen LogP contribution < -0.4 is 4.67 Å². The molecule has 0 amide bonds. The average molecular weight is 456 g/mol. The van der Waals surface area contributed by atoms with E-state index in [-0.39, 0.29) is 11.1 Å². The fourth-order valence-corrected chi connectivity index (χ4v) is 7.79. The zero-order valence-electron chi connectivity index (χ0n) is 19.8. The molecule has 2 heterocycles. The standard InChI is InChI=1S/C29H30NO2P/c1-28(2)18-9-19-29(3,4)30(28)33-31-24-16-14-20-10-5-7-12-22(20)26(24)27-23-13-8-6-11-21(23)15-17-25(27)32-33/h5-8,10-17H,9,18-19H2,1-4H3. The van der Waals surface area contributed by atoms with Gasteiger partial charge in [-0.1, -0.05) is 60.7 Å². The van der Waals surface area contributed by atoms with Crippen LogP contribution >= 0.6 is 8.16 Å². The molecule has 33 heavy (non-hydrogen) atoms. The predicted molar refractivity (Wildman–Crippen MR) is 142 cm³/mol. The summed E-state index contributed by atoms with van der Waals surface area (Å²) in [5.41, 5.74) is 1.80. The van der Waals surface area contributed by atoms with Crippen LogP contribution in [0.25, 0.3) is 43.5 Å². The number of rotatable bonds is 1. The van der Waals surface area contributed by atoms with E-state index >= 15 is 0 Å². The number of hydrogen-bond acceptors (Lipinski definition) is 3. The maximum Gasteiger partial charge on any atom is 0.310 e. The molecule has 0 unspecified atom stereocenters. The van der Waals surface area contributed by atoms with Crippen molar-refractivity contribution < 1.29 is 8.39 Å². The largest absolute Gasteiger partial charge is 0.408 e. The van der Waals surface area contributed by atoms with Crippen molar-refractivity contribution in [1.82, 2.24) is 0 Å². The molecule has 6 rings (SSSR count). The van der Waals surface area contributed by atoms with Gasteiger partial charge in [0, 0.05) is 21.9 Å². The first-order valence-corrected chi connectivity index (χ1v) is 13.0. The molecule has 0 N–H and O–H groups in total. The lowest BCUT2D eigenvalue weighted by Gasteiger charge is -2.49. The Bertz CT molecular complexity index is 1450. The van der Waals surface area contributed by atoms with Gasteiger partial charge in [-0.15, -0.1) is 0 Å². The number of benzene rings is 4. The van der Waals surface area contributed by atoms with Gasteiger partial charge in [-0.05, 0) is 80.6 Å². The highest BCUT2D eigenvalue weighted by Crippen LogP contribution is 2.50. The fraction of sp³-hybridized carbons (Fsp3) is 0.310. The first-order chi connectivity index (χ1) is 15.9. The Kier molecular flexibility index (Phi) is 4.66. The molecule has 0 atom stereocenters. The van der Waals surface area contributed by atoms with Crippen molar-refractivity contribution in [2.45, 2.75) is 58.0 Å². The Labute approximate surface area is 195 Å². The second-order valence-corrected chi connectivity index (χ2v) is 11.8. The van der Waals surface area contributed by atoms with Crippen LogP contribution in [0, 0.1) is 0 Å². The molecule has 4 aromatic carbocycles. The first kappa shape index (κ1) is 20.8. The Balaban J connectivity index is 1.84. The molecule has 0 bridgehead atoms. The van der Waals surface area contributed by atoms with E-state index in [1.165, 1.54) is 28.0 Å². The van der Waals surface area contributed by atoms with Crippen LogP contribution in [0.3, 0.4) is 0 Å². The van der Waals surface area contributed by atoms with E-state index in [1.54, 1.807) is 0 Å². The third kappa shape index (κ3) is 3.29. The second kappa shape index (κ2) is 7.38. The lowest BCUT2D eigenvalue weighted by atomic mass is 9.83. The summed E-state index contributed by atoms with van der Waals surface area (Å²) in [5, 5.41) is 7.10. The summed E-state index contributed by atoms with van der Waals surface area (Å²) in [4.78, 5) is 0. The van der Waals surface area contributed by atoms with Gasteiger partial charge in [0.2, 0.25) is 0 Å². The molecular formula is C29H30NO2P. The number of piperidine rings is 1. The number of hydrogen-bond donors (Lipinski definition) is 0. The van der Waals surface area contributed by atoms with Crippen LogP contribution in [-0.2, 0) is 0 Å². The van der Waals surface area contributed by atoms with E-state index in [4.69, 9.17) is 8.39 Å². The van der Waals surface area contributed by atoms with Gasteiger partial charge in [0.15, 0.2) is 0 Å². The van der Waals surface area contributed by atoms with Crippen LogP contribution in [0.2, 0.25) is 0 Å². The van der Waals surface area contributed by atoms with Gasteiger partial charge < -0.3 is 8.39 Å². The summed E-state index contributed by atoms with van der Waals surface area (Å²) in [6, 6.07) is 25.8. The van der Waals surface area contributed by atoms with Crippen molar-refractivity contribution >= 4 is 51.6 Å². The van der Waals surface area contributed by atoms with E-state index in [1.807, 2.05) is 0 Å². The Hall–Kier alpha value is -2.74. The number of nitrogens with zero attached hydrogens (tertiary/aromatic N) is 1. The van der Waals surface area contributed by atoms with E-state index < -0.39 is 8.16 Å². The predicted octanol–water partition coefficient (Wildman–Crippen LogP) is 9.28. The van der Waals surface area contributed by atoms with E-state index in [2.05, 4.69) is 105 Å². The minimum Gasteiger partial charge on any atom is -0.408 e. The maximum atomic E-state index is 6.88. The Morgan fingerprint density at radius 1 is 0.636 bits per heavy atom. The lowest BCUT2D eigenvalue weighted by Crippen LogP contribution is -2.57. The lowest BCUT2D eigenvalue weighted by molar-refractivity contribution is 0.256. The van der Waals surface area contributed by atoms with Crippen molar-refractivity contribution in [1.29, 1.82) is 0 Å². The van der Waals surface area contributed by atoms with Gasteiger partial charge in [0.1, 0.15) is 11.2 Å². The molecule has 4 heteroatoms. The van der Waals surface area contributed by atoms with Crippen molar-refractivity contribution in [2.24, 2.45) is 0 Å². The highest BCUT2D eigenvalue weighted by Gasteiger charge is 2.45. The van der Waals surface area contributed by atoms with Gasteiger partial charge in [-0.3, -0.25) is 0 Å². The summed E-state index contributed by atoms with van der Waals surface area (Å²) in [6.07, 6.45) is 3.50. The van der Waals surface area contributed by atoms with Crippen molar-refractivity contribution in [3.8, 4) is 0 Å². The molecule has 5 aromatic rings. The molecule has 1 saturated heterocycles. The maximum absolute atomic E-state index is 6.88. The summed E-state index contributed by atoms with van der Waals surface area (Å²) in [5.74, 6) is 0. The fourth-order valence-electron chi connectivity index (χ4n) is 5.87. The first-order valence-electron chi connectivity index (χ1n) is 11.9. The van der Waals surface area contributed by atoms with Gasteiger partial charge >= 0.3 is 8.16 Å². The van der Waals surface area contributed by atoms with E-state index in [0.29, 0.717) is 0 Å². The van der Waals surface area contributed by atoms with Crippen molar-refractivity contribution in [3.63, 3.8) is 0 Å². The zero-order chi connectivity index (χ0) is 22.8. The Morgan fingerprint density at radius 3 is 1.58 bits per heavy atom. The molecule has 0 saturated carbocycles. The molecule has 1 aromatic heterocycles. The molecule has 168 valence electrons. The quantitative estimate of drug-likeness (QED) is 0.252. The highest BCUT2D eigenvalue weighted by molar-refractivity contribution is 7.39. The molecular weight excluding hydrogens is 425 g/mol. The smallest absolute Gasteiger partial charge is 0.310 e. The second-order valence-electron chi connectivity index (χ2n) is 10.5. The molecule has 0 radical (unpaired) electrons. The van der Waals surface area contributed by atoms with Crippen LogP contribution in [0.1, 0.15) is 47.0 Å². The zero-order valence-corrected chi connectivity index (χ0v) is 20.7. The molecule has 1 aliphatic rings. The minimum absolute atomic E-state index is 0.00812. The van der Waals surface area contributed by atoms with Crippen LogP contribution in [0.5, 0.6) is 0 Å². The third-order valence-corrected chi connectivity index (χ3v) is 9.39. The Morgan fingerprint density at radius 2 is 1.09 bits per heavy atom. The van der Waals surface area contributed by atoms with Gasteiger partial charge in [0.05, 0.1) is 0 Å². The highest BCUT2D eigenvalue weighted by atomic mass is 31.1. The minimum atomic E-state index is -1.34. The van der Waals surface area contributed by atoms with Gasteiger partial charge in [-0.25, -0.2) is 0 Å². The number of fused-ring (bicyclic) bond motifs is 7. The van der Waals surface area contributed by atoms with Gasteiger partial charge in [0.25, 0.3) is 0 Å². The molecule has 1 fully saturated rings. The van der Waals surface area contributed by atoms with E-state index in [0.717, 1.165) is 34.8 Å².